The van der Waals surface area contributed by atoms with E-state index in [1.165, 1.54) is 6.07 Å². The van der Waals surface area contributed by atoms with Gasteiger partial charge in [0.05, 0.1) is 13.2 Å². The summed E-state index contributed by atoms with van der Waals surface area (Å²) in [4.78, 5) is 11.2. The highest BCUT2D eigenvalue weighted by Crippen LogP contribution is 2.24. The molecule has 0 radical (unpaired) electrons. The van der Waals surface area contributed by atoms with Crippen LogP contribution in [0.5, 0.6) is 5.75 Å². The zero-order valence-corrected chi connectivity index (χ0v) is 9.03. The van der Waals surface area contributed by atoms with Gasteiger partial charge in [-0.25, -0.2) is 9.18 Å². The van der Waals surface area contributed by atoms with E-state index >= 15 is 0 Å². The van der Waals surface area contributed by atoms with E-state index in [1.807, 2.05) is 0 Å². The van der Waals surface area contributed by atoms with Gasteiger partial charge >= 0.3 is 5.97 Å². The number of hydrogen-bond acceptors (Lipinski definition) is 4. The van der Waals surface area contributed by atoms with Crippen molar-refractivity contribution >= 4 is 5.97 Å². The number of phenolic OH excluding ortho intramolecular Hbond substituents is 1. The fourth-order valence-corrected chi connectivity index (χ4v) is 1.38. The van der Waals surface area contributed by atoms with E-state index in [4.69, 9.17) is 5.11 Å². The number of phenols is 1. The Kier molecular flexibility index (Phi) is 3.84. The molecule has 1 rings (SSSR count). The number of carbonyl (C=O) groups excluding carboxylic acids is 1. The Labute approximate surface area is 92.3 Å². The molecule has 0 fully saturated rings. The summed E-state index contributed by atoms with van der Waals surface area (Å²) < 4.78 is 17.7. The van der Waals surface area contributed by atoms with E-state index in [-0.39, 0.29) is 12.0 Å². The number of aliphatic hydroxyl groups excluding tert-OH is 1. The van der Waals surface area contributed by atoms with Gasteiger partial charge in [-0.1, -0.05) is 0 Å². The fourth-order valence-electron chi connectivity index (χ4n) is 1.38. The van der Waals surface area contributed by atoms with Crippen LogP contribution in [0.1, 0.15) is 22.8 Å². The van der Waals surface area contributed by atoms with E-state index in [1.54, 1.807) is 6.92 Å². The number of benzene rings is 1. The van der Waals surface area contributed by atoms with Crippen molar-refractivity contribution in [2.45, 2.75) is 19.4 Å². The number of esters is 1. The van der Waals surface area contributed by atoms with Gasteiger partial charge in [0.1, 0.15) is 5.56 Å². The van der Waals surface area contributed by atoms with Crippen LogP contribution in [0.25, 0.3) is 0 Å². The largest absolute Gasteiger partial charge is 0.504 e. The summed E-state index contributed by atoms with van der Waals surface area (Å²) in [6.07, 6.45) is -0.462. The van der Waals surface area contributed by atoms with Crippen LogP contribution in [0.3, 0.4) is 0 Å². The molecule has 5 heteroatoms. The van der Waals surface area contributed by atoms with Gasteiger partial charge in [0.15, 0.2) is 11.6 Å². The van der Waals surface area contributed by atoms with E-state index < -0.39 is 23.6 Å². The second-order valence-electron chi connectivity index (χ2n) is 3.52. The minimum Gasteiger partial charge on any atom is -0.504 e. The molecule has 1 atom stereocenters. The summed E-state index contributed by atoms with van der Waals surface area (Å²) in [6.45, 7) is 1.54. The van der Waals surface area contributed by atoms with Crippen LogP contribution in [-0.4, -0.2) is 29.4 Å². The molecule has 1 unspecified atom stereocenters. The molecule has 0 bridgehead atoms. The molecule has 0 aliphatic carbocycles. The normalized spacial score (nSPS) is 12.2. The lowest BCUT2D eigenvalue weighted by molar-refractivity contribution is 0.0596. The van der Waals surface area contributed by atoms with Crippen molar-refractivity contribution < 1.29 is 24.1 Å². The smallest absolute Gasteiger partial charge is 0.341 e. The SMILES string of the molecule is COC(=O)c1cc(CC(C)O)cc(F)c1O. The van der Waals surface area contributed by atoms with Crippen LogP contribution in [0.2, 0.25) is 0 Å². The number of aromatic hydroxyl groups is 1. The first-order valence-corrected chi connectivity index (χ1v) is 4.73. The molecule has 0 aliphatic heterocycles. The van der Waals surface area contributed by atoms with Crippen molar-refractivity contribution in [2.24, 2.45) is 0 Å². The first kappa shape index (κ1) is 12.4. The van der Waals surface area contributed by atoms with E-state index in [0.29, 0.717) is 5.56 Å². The van der Waals surface area contributed by atoms with E-state index in [0.717, 1.165) is 13.2 Å². The van der Waals surface area contributed by atoms with Crippen LogP contribution >= 0.6 is 0 Å². The molecular weight excluding hydrogens is 215 g/mol. The maximum absolute atomic E-state index is 13.2. The lowest BCUT2D eigenvalue weighted by Crippen LogP contribution is -2.08. The van der Waals surface area contributed by atoms with Crippen molar-refractivity contribution in [3.05, 3.63) is 29.1 Å². The van der Waals surface area contributed by atoms with Gasteiger partial charge in [0.25, 0.3) is 0 Å². The zero-order chi connectivity index (χ0) is 12.3. The van der Waals surface area contributed by atoms with E-state index in [2.05, 4.69) is 4.74 Å². The molecule has 0 amide bonds. The molecular formula is C11H13FO4. The number of rotatable bonds is 3. The third-order valence-corrected chi connectivity index (χ3v) is 2.06. The number of halogens is 1. The standard InChI is InChI=1S/C11H13FO4/c1-6(13)3-7-4-8(11(15)16-2)10(14)9(12)5-7/h4-6,13-14H,3H2,1-2H3. The monoisotopic (exact) mass is 228 g/mol. The third kappa shape index (κ3) is 2.70. The Hall–Kier alpha value is -1.62. The predicted molar refractivity (Wildman–Crippen MR) is 54.8 cm³/mol. The minimum atomic E-state index is -0.904. The Morgan fingerprint density at radius 3 is 2.69 bits per heavy atom. The Bertz CT molecular complexity index is 401. The lowest BCUT2D eigenvalue weighted by Gasteiger charge is -2.08. The Balaban J connectivity index is 3.16. The van der Waals surface area contributed by atoms with E-state index in [9.17, 15) is 14.3 Å². The molecule has 1 aromatic rings. The predicted octanol–water partition coefficient (Wildman–Crippen LogP) is 1.24. The molecule has 16 heavy (non-hydrogen) atoms. The van der Waals surface area contributed by atoms with Gasteiger partial charge in [0.2, 0.25) is 0 Å². The zero-order valence-electron chi connectivity index (χ0n) is 9.03. The van der Waals surface area contributed by atoms with Crippen molar-refractivity contribution in [3.63, 3.8) is 0 Å². The molecule has 4 nitrogen and oxygen atoms in total. The van der Waals surface area contributed by atoms with Crippen LogP contribution in [0, 0.1) is 5.82 Å². The number of methoxy groups -OCH3 is 1. The molecule has 88 valence electrons. The summed E-state index contributed by atoms with van der Waals surface area (Å²) in [7, 11) is 1.14. The number of aliphatic hydroxyl groups is 1. The van der Waals surface area contributed by atoms with Gasteiger partial charge in [0, 0.05) is 0 Å². The summed E-state index contributed by atoms with van der Waals surface area (Å²) >= 11 is 0. The molecule has 0 aromatic heterocycles. The molecule has 0 spiro atoms. The minimum absolute atomic E-state index is 0.196. The topological polar surface area (TPSA) is 66.8 Å². The molecule has 0 saturated carbocycles. The summed E-state index contributed by atoms with van der Waals surface area (Å²) in [5.74, 6) is -2.46. The molecule has 2 N–H and O–H groups in total. The van der Waals surface area contributed by atoms with Crippen molar-refractivity contribution in [1.29, 1.82) is 0 Å². The van der Waals surface area contributed by atoms with Gasteiger partial charge in [-0.05, 0) is 31.0 Å². The highest BCUT2D eigenvalue weighted by molar-refractivity contribution is 5.92. The van der Waals surface area contributed by atoms with Gasteiger partial charge in [-0.3, -0.25) is 0 Å². The average molecular weight is 228 g/mol. The van der Waals surface area contributed by atoms with Gasteiger partial charge in [-0.15, -0.1) is 0 Å². The molecule has 0 saturated heterocycles. The first-order valence-electron chi connectivity index (χ1n) is 4.73. The third-order valence-electron chi connectivity index (χ3n) is 2.06. The Morgan fingerprint density at radius 2 is 2.19 bits per heavy atom. The van der Waals surface area contributed by atoms with Crippen molar-refractivity contribution in [2.75, 3.05) is 7.11 Å². The molecule has 1 aromatic carbocycles. The maximum Gasteiger partial charge on any atom is 0.341 e. The first-order chi connectivity index (χ1) is 7.45. The van der Waals surface area contributed by atoms with Crippen LogP contribution in [-0.2, 0) is 11.2 Å². The second kappa shape index (κ2) is 4.94. The van der Waals surface area contributed by atoms with Gasteiger partial charge in [-0.2, -0.15) is 0 Å². The summed E-state index contributed by atoms with van der Waals surface area (Å²) in [5, 5.41) is 18.5. The average Bonchev–Trinajstić information content (AvgIpc) is 2.21. The quantitative estimate of drug-likeness (QED) is 0.764. The number of ether oxygens (including phenoxy) is 1. The molecule has 0 aliphatic rings. The number of hydrogen-bond donors (Lipinski definition) is 2. The van der Waals surface area contributed by atoms with Crippen molar-refractivity contribution in [1.82, 2.24) is 0 Å². The Morgan fingerprint density at radius 1 is 1.56 bits per heavy atom. The summed E-state index contributed by atoms with van der Waals surface area (Å²) in [6, 6.07) is 2.38. The van der Waals surface area contributed by atoms with Crippen LogP contribution < -0.4 is 0 Å². The highest BCUT2D eigenvalue weighted by Gasteiger charge is 2.17. The summed E-state index contributed by atoms with van der Waals surface area (Å²) in [5.41, 5.74) is 0.184. The number of carbonyl (C=O) groups is 1. The maximum atomic E-state index is 13.2. The van der Waals surface area contributed by atoms with Crippen molar-refractivity contribution in [3.8, 4) is 5.75 Å². The van der Waals surface area contributed by atoms with Gasteiger partial charge < -0.3 is 14.9 Å². The second-order valence-corrected chi connectivity index (χ2v) is 3.52. The fraction of sp³-hybridized carbons (Fsp3) is 0.364. The lowest BCUT2D eigenvalue weighted by atomic mass is 10.0. The highest BCUT2D eigenvalue weighted by atomic mass is 19.1. The van der Waals surface area contributed by atoms with Crippen LogP contribution in [0.4, 0.5) is 4.39 Å². The van der Waals surface area contributed by atoms with Crippen LogP contribution in [0.15, 0.2) is 12.1 Å². The molecule has 0 heterocycles.